The summed E-state index contributed by atoms with van der Waals surface area (Å²) in [6.45, 7) is 5.62. The molecule has 177 valence electrons. The molecule has 1 N–H and O–H groups in total. The van der Waals surface area contributed by atoms with Crippen LogP contribution in [0, 0.1) is 11.3 Å². The first kappa shape index (κ1) is 24.5. The molecule has 0 atom stereocenters. The van der Waals surface area contributed by atoms with Crippen LogP contribution in [0.5, 0.6) is 5.75 Å². The number of nitrogens with one attached hydrogen (secondary N) is 1. The van der Waals surface area contributed by atoms with E-state index in [9.17, 15) is 10.1 Å². The molecule has 1 aromatic heterocycles. The third kappa shape index (κ3) is 5.24. The Morgan fingerprint density at radius 1 is 1.29 bits per heavy atom. The van der Waals surface area contributed by atoms with Gasteiger partial charge in [-0.25, -0.2) is 9.97 Å². The number of nitriles is 1. The standard InChI is InChI=1S/C25H24BClN5O3/c1-25(2)14-32(26-15-33)23-17(13-28)10-16(11-19(23)25)20-6-7-29-24(30-20)31-21-12-18(27)4-5-22(21)35-9-8-34-3/h4-7,10-12,15H,8-9,14H2,1-3H3,(H,29,30,31). The molecule has 1 radical (unpaired) electrons. The second kappa shape index (κ2) is 10.3. The number of nitrogens with zero attached hydrogens (tertiary/aromatic N) is 4. The third-order valence-corrected chi connectivity index (χ3v) is 5.97. The number of ether oxygens (including phenoxy) is 2. The molecule has 35 heavy (non-hydrogen) atoms. The third-order valence-electron chi connectivity index (χ3n) is 5.74. The summed E-state index contributed by atoms with van der Waals surface area (Å²) in [4.78, 5) is 22.0. The zero-order valence-corrected chi connectivity index (χ0v) is 20.5. The van der Waals surface area contributed by atoms with Crippen LogP contribution < -0.4 is 14.9 Å². The van der Waals surface area contributed by atoms with Crippen molar-refractivity contribution in [3.05, 3.63) is 58.7 Å². The maximum Gasteiger partial charge on any atom is 0.329 e. The van der Waals surface area contributed by atoms with Crippen molar-refractivity contribution in [3.63, 3.8) is 0 Å². The van der Waals surface area contributed by atoms with Crippen LogP contribution in [0.2, 0.25) is 5.02 Å². The molecule has 0 bridgehead atoms. The molecule has 0 saturated carbocycles. The number of anilines is 3. The van der Waals surface area contributed by atoms with Crippen molar-refractivity contribution in [2.75, 3.05) is 37.0 Å². The van der Waals surface area contributed by atoms with Crippen molar-refractivity contribution in [1.29, 1.82) is 5.26 Å². The molecule has 10 heteroatoms. The summed E-state index contributed by atoms with van der Waals surface area (Å²) in [6, 6.07) is 13.1. The summed E-state index contributed by atoms with van der Waals surface area (Å²) in [5.41, 5.74) is 4.05. The first-order chi connectivity index (χ1) is 16.9. The molecule has 0 aliphatic carbocycles. The van der Waals surface area contributed by atoms with Gasteiger partial charge in [0.25, 0.3) is 0 Å². The zero-order chi connectivity index (χ0) is 25.0. The maximum atomic E-state index is 11.1. The Morgan fingerprint density at radius 3 is 2.86 bits per heavy atom. The van der Waals surface area contributed by atoms with E-state index in [1.54, 1.807) is 43.6 Å². The van der Waals surface area contributed by atoms with Crippen LogP contribution in [0.4, 0.5) is 17.3 Å². The highest BCUT2D eigenvalue weighted by Gasteiger charge is 2.37. The molecule has 0 spiro atoms. The van der Waals surface area contributed by atoms with E-state index in [2.05, 4.69) is 35.2 Å². The van der Waals surface area contributed by atoms with E-state index in [1.807, 2.05) is 10.9 Å². The Bertz CT molecular complexity index is 1290. The lowest BCUT2D eigenvalue weighted by atomic mass is 9.84. The zero-order valence-electron chi connectivity index (χ0n) is 19.7. The molecular formula is C25H24BClN5O3. The predicted octanol–water partition coefficient (Wildman–Crippen LogP) is 4.34. The van der Waals surface area contributed by atoms with E-state index in [1.165, 1.54) is 7.41 Å². The van der Waals surface area contributed by atoms with Gasteiger partial charge in [-0.05, 0) is 42.0 Å². The smallest absolute Gasteiger partial charge is 0.329 e. The number of carbonyl (C=O) groups excluding carboxylic acids is 1. The predicted molar refractivity (Wildman–Crippen MR) is 137 cm³/mol. The quantitative estimate of drug-likeness (QED) is 0.270. The van der Waals surface area contributed by atoms with Crippen LogP contribution in [0.1, 0.15) is 25.0 Å². The van der Waals surface area contributed by atoms with Gasteiger partial charge in [-0.2, -0.15) is 5.26 Å². The van der Waals surface area contributed by atoms with Crippen LogP contribution >= 0.6 is 11.6 Å². The van der Waals surface area contributed by atoms with Crippen LogP contribution in [0.15, 0.2) is 42.6 Å². The van der Waals surface area contributed by atoms with E-state index < -0.39 is 0 Å². The molecule has 0 unspecified atom stereocenters. The average Bonchev–Trinajstić information content (AvgIpc) is 3.10. The summed E-state index contributed by atoms with van der Waals surface area (Å²) in [7, 11) is 3.08. The number of benzene rings is 2. The van der Waals surface area contributed by atoms with Crippen LogP contribution in [-0.4, -0.2) is 50.4 Å². The highest BCUT2D eigenvalue weighted by molar-refractivity contribution is 6.70. The number of carbonyl (C=O) groups is 1. The van der Waals surface area contributed by atoms with Gasteiger partial charge in [-0.3, -0.25) is 0 Å². The molecule has 1 aliphatic rings. The molecule has 0 amide bonds. The largest absolute Gasteiger partial charge is 0.489 e. The SMILES string of the molecule is COCCOc1ccc(Cl)cc1Nc1nccc(-c2cc(C#N)c3c(c2)C(C)(C)CN3[B]C=O)n1. The maximum absolute atomic E-state index is 11.1. The minimum absolute atomic E-state index is 0.250. The highest BCUT2D eigenvalue weighted by Crippen LogP contribution is 2.44. The van der Waals surface area contributed by atoms with Gasteiger partial charge in [0.1, 0.15) is 24.6 Å². The summed E-state index contributed by atoms with van der Waals surface area (Å²) >= 11 is 6.20. The summed E-state index contributed by atoms with van der Waals surface area (Å²) in [6.07, 6.45) is 2.39. The van der Waals surface area contributed by atoms with Crippen molar-refractivity contribution in [1.82, 2.24) is 9.97 Å². The van der Waals surface area contributed by atoms with Gasteiger partial charge in [0.05, 0.1) is 23.6 Å². The topological polar surface area (TPSA) is 100 Å². The first-order valence-electron chi connectivity index (χ1n) is 11.0. The molecule has 8 nitrogen and oxygen atoms in total. The molecule has 2 aromatic carbocycles. The van der Waals surface area contributed by atoms with Gasteiger partial charge in [-0.1, -0.05) is 25.4 Å². The van der Waals surface area contributed by atoms with Gasteiger partial charge in [-0.15, -0.1) is 0 Å². The second-order valence-corrected chi connectivity index (χ2v) is 9.14. The van der Waals surface area contributed by atoms with Gasteiger partial charge in [0.2, 0.25) is 5.95 Å². The van der Waals surface area contributed by atoms with Crippen molar-refractivity contribution < 1.29 is 14.3 Å². The molecule has 0 fully saturated rings. The lowest BCUT2D eigenvalue weighted by molar-refractivity contribution is 0.146. The molecule has 2 heterocycles. The number of fused-ring (bicyclic) bond motifs is 1. The van der Waals surface area contributed by atoms with Crippen molar-refractivity contribution in [2.24, 2.45) is 0 Å². The molecule has 0 saturated heterocycles. The molecule has 4 rings (SSSR count). The highest BCUT2D eigenvalue weighted by atomic mass is 35.5. The fourth-order valence-electron chi connectivity index (χ4n) is 4.14. The van der Waals surface area contributed by atoms with Crippen molar-refractivity contribution in [2.45, 2.75) is 19.3 Å². The molecule has 1 aliphatic heterocycles. The number of hydrogen-bond donors (Lipinski definition) is 1. The van der Waals surface area contributed by atoms with Crippen molar-refractivity contribution in [3.8, 4) is 23.1 Å². The van der Waals surface area contributed by atoms with Gasteiger partial charge >= 0.3 is 7.41 Å². The Hall–Kier alpha value is -3.61. The van der Waals surface area contributed by atoms with Gasteiger partial charge < -0.3 is 24.4 Å². The monoisotopic (exact) mass is 488 g/mol. The van der Waals surface area contributed by atoms with Gasteiger partial charge in [0.15, 0.2) is 0 Å². The van der Waals surface area contributed by atoms with Crippen LogP contribution in [0.3, 0.4) is 0 Å². The Balaban J connectivity index is 1.69. The lowest BCUT2D eigenvalue weighted by Crippen LogP contribution is -2.32. The van der Waals surface area contributed by atoms with E-state index in [4.69, 9.17) is 21.1 Å². The normalized spacial score (nSPS) is 13.6. The Labute approximate surface area is 210 Å². The van der Waals surface area contributed by atoms with E-state index in [-0.39, 0.29) is 5.41 Å². The van der Waals surface area contributed by atoms with Crippen molar-refractivity contribution >= 4 is 42.5 Å². The first-order valence-corrected chi connectivity index (χ1v) is 11.4. The molecular weight excluding hydrogens is 465 g/mol. The van der Waals surface area contributed by atoms with Gasteiger partial charge in [0, 0.05) is 41.5 Å². The van der Waals surface area contributed by atoms with Crippen LogP contribution in [0.25, 0.3) is 11.3 Å². The fraction of sp³-hybridized carbons (Fsp3) is 0.280. The summed E-state index contributed by atoms with van der Waals surface area (Å²) in [5, 5.41) is 13.6. The second-order valence-electron chi connectivity index (χ2n) is 8.70. The average molecular weight is 489 g/mol. The molecule has 3 aromatic rings. The van der Waals surface area contributed by atoms with E-state index >= 15 is 0 Å². The lowest BCUT2D eigenvalue weighted by Gasteiger charge is -2.20. The van der Waals surface area contributed by atoms with E-state index in [0.717, 1.165) is 23.0 Å². The Morgan fingerprint density at radius 2 is 2.11 bits per heavy atom. The van der Waals surface area contributed by atoms with E-state index in [0.29, 0.717) is 53.4 Å². The Kier molecular flexibility index (Phi) is 7.24. The van der Waals surface area contributed by atoms with Crippen LogP contribution in [-0.2, 0) is 14.9 Å². The summed E-state index contributed by atoms with van der Waals surface area (Å²) in [5.74, 6) is 0.952. The number of aromatic nitrogens is 2. The minimum atomic E-state index is -0.250. The number of rotatable bonds is 9. The summed E-state index contributed by atoms with van der Waals surface area (Å²) < 4.78 is 10.8. The minimum Gasteiger partial charge on any atom is -0.489 e. The number of hydrogen-bond acceptors (Lipinski definition) is 8. The number of halogens is 1. The number of methoxy groups -OCH3 is 1. The fourth-order valence-corrected chi connectivity index (χ4v) is 4.32.